The number of nitrogens with zero attached hydrogens (tertiary/aromatic N) is 5. The molecule has 2 N–H and O–H groups in total. The Hall–Kier alpha value is -3.28. The molecular formula is C21H22N6. The van der Waals surface area contributed by atoms with E-state index in [2.05, 4.69) is 41.9 Å². The van der Waals surface area contributed by atoms with E-state index in [9.17, 15) is 0 Å². The first-order valence-corrected chi connectivity index (χ1v) is 8.89. The summed E-state index contributed by atoms with van der Waals surface area (Å²) in [5.74, 6) is 1.05. The Bertz CT molecular complexity index is 1140. The lowest BCUT2D eigenvalue weighted by Gasteiger charge is -2.21. The van der Waals surface area contributed by atoms with Crippen LogP contribution in [0.25, 0.3) is 28.0 Å². The summed E-state index contributed by atoms with van der Waals surface area (Å²) in [5, 5.41) is 5.56. The minimum absolute atomic E-state index is 0.219. The van der Waals surface area contributed by atoms with Crippen LogP contribution in [0.1, 0.15) is 32.2 Å². The van der Waals surface area contributed by atoms with Crippen molar-refractivity contribution in [3.63, 3.8) is 0 Å². The van der Waals surface area contributed by atoms with Crippen molar-refractivity contribution in [2.45, 2.75) is 33.1 Å². The van der Waals surface area contributed by atoms with Crippen LogP contribution in [-0.4, -0.2) is 24.7 Å². The van der Waals surface area contributed by atoms with E-state index >= 15 is 0 Å². The Labute approximate surface area is 158 Å². The standard InChI is InChI=1S/C21H22N6/c1-13-9-11-27(26-13)20-17(24-18(19(22)25-20)21(2,3)4)15-7-8-16-14(12-15)6-5-10-23-16/h5-12H,1-4H3,(H2,22,25). The van der Waals surface area contributed by atoms with Crippen molar-refractivity contribution in [2.24, 2.45) is 0 Å². The summed E-state index contributed by atoms with van der Waals surface area (Å²) in [5.41, 5.74) is 10.4. The summed E-state index contributed by atoms with van der Waals surface area (Å²) in [7, 11) is 0. The number of hydrogen-bond acceptors (Lipinski definition) is 5. The molecule has 6 heteroatoms. The Morgan fingerprint density at radius 3 is 2.56 bits per heavy atom. The van der Waals surface area contributed by atoms with Crippen molar-refractivity contribution in [3.8, 4) is 17.1 Å². The molecule has 3 heterocycles. The van der Waals surface area contributed by atoms with Gasteiger partial charge in [0.05, 0.1) is 16.9 Å². The third-order valence-electron chi connectivity index (χ3n) is 4.43. The number of hydrogen-bond donors (Lipinski definition) is 1. The number of aryl methyl sites for hydroxylation is 1. The highest BCUT2D eigenvalue weighted by Gasteiger charge is 2.24. The molecule has 6 nitrogen and oxygen atoms in total. The number of aromatic nitrogens is 5. The number of rotatable bonds is 2. The monoisotopic (exact) mass is 358 g/mol. The van der Waals surface area contributed by atoms with Crippen LogP contribution in [0.4, 0.5) is 5.82 Å². The lowest BCUT2D eigenvalue weighted by atomic mass is 9.91. The summed E-state index contributed by atoms with van der Waals surface area (Å²) >= 11 is 0. The predicted molar refractivity (Wildman–Crippen MR) is 108 cm³/mol. The Kier molecular flexibility index (Phi) is 3.91. The topological polar surface area (TPSA) is 82.5 Å². The van der Waals surface area contributed by atoms with Crippen LogP contribution >= 0.6 is 0 Å². The van der Waals surface area contributed by atoms with Crippen LogP contribution in [-0.2, 0) is 5.41 Å². The molecule has 0 amide bonds. The van der Waals surface area contributed by atoms with E-state index in [-0.39, 0.29) is 5.41 Å². The van der Waals surface area contributed by atoms with E-state index in [4.69, 9.17) is 10.7 Å². The van der Waals surface area contributed by atoms with E-state index in [0.717, 1.165) is 33.5 Å². The highest BCUT2D eigenvalue weighted by Crippen LogP contribution is 2.32. The van der Waals surface area contributed by atoms with E-state index in [1.165, 1.54) is 0 Å². The number of nitrogens with two attached hydrogens (primary N) is 1. The minimum Gasteiger partial charge on any atom is -0.382 e. The Morgan fingerprint density at radius 1 is 1.04 bits per heavy atom. The van der Waals surface area contributed by atoms with Gasteiger partial charge in [0.15, 0.2) is 5.82 Å². The van der Waals surface area contributed by atoms with Crippen LogP contribution in [0.2, 0.25) is 0 Å². The van der Waals surface area contributed by atoms with Gasteiger partial charge in [0.2, 0.25) is 0 Å². The van der Waals surface area contributed by atoms with Gasteiger partial charge in [-0.3, -0.25) is 4.98 Å². The first-order chi connectivity index (χ1) is 12.8. The molecular weight excluding hydrogens is 336 g/mol. The molecule has 0 aliphatic heterocycles. The molecule has 4 aromatic rings. The van der Waals surface area contributed by atoms with Crippen molar-refractivity contribution in [3.05, 3.63) is 60.2 Å². The van der Waals surface area contributed by atoms with E-state index in [1.54, 1.807) is 10.9 Å². The van der Waals surface area contributed by atoms with Crippen LogP contribution in [0.15, 0.2) is 48.8 Å². The summed E-state index contributed by atoms with van der Waals surface area (Å²) in [4.78, 5) is 14.0. The van der Waals surface area contributed by atoms with Crippen molar-refractivity contribution < 1.29 is 0 Å². The lowest BCUT2D eigenvalue weighted by Crippen LogP contribution is -2.19. The zero-order valence-corrected chi connectivity index (χ0v) is 15.9. The molecule has 136 valence electrons. The number of pyridine rings is 1. The second-order valence-electron chi connectivity index (χ2n) is 7.69. The number of anilines is 1. The van der Waals surface area contributed by atoms with Gasteiger partial charge in [-0.25, -0.2) is 14.6 Å². The molecule has 0 fully saturated rings. The summed E-state index contributed by atoms with van der Waals surface area (Å²) in [6, 6.07) is 12.0. The van der Waals surface area contributed by atoms with Gasteiger partial charge in [-0.1, -0.05) is 32.9 Å². The summed E-state index contributed by atoms with van der Waals surface area (Å²) in [6.07, 6.45) is 3.67. The molecule has 0 saturated heterocycles. The van der Waals surface area contributed by atoms with Gasteiger partial charge < -0.3 is 5.73 Å². The van der Waals surface area contributed by atoms with Gasteiger partial charge in [-0.2, -0.15) is 5.10 Å². The van der Waals surface area contributed by atoms with Crippen molar-refractivity contribution in [1.82, 2.24) is 24.7 Å². The zero-order chi connectivity index (χ0) is 19.2. The van der Waals surface area contributed by atoms with E-state index < -0.39 is 0 Å². The third kappa shape index (κ3) is 3.14. The number of nitrogen functional groups attached to an aromatic ring is 1. The molecule has 0 radical (unpaired) electrons. The van der Waals surface area contributed by atoms with Crippen molar-refractivity contribution in [1.29, 1.82) is 0 Å². The molecule has 0 aliphatic rings. The van der Waals surface area contributed by atoms with Crippen LogP contribution in [0.3, 0.4) is 0 Å². The number of benzene rings is 1. The molecule has 0 spiro atoms. The highest BCUT2D eigenvalue weighted by molar-refractivity contribution is 5.85. The molecule has 0 saturated carbocycles. The van der Waals surface area contributed by atoms with Crippen molar-refractivity contribution in [2.75, 3.05) is 5.73 Å². The lowest BCUT2D eigenvalue weighted by molar-refractivity contribution is 0.568. The summed E-state index contributed by atoms with van der Waals surface area (Å²) in [6.45, 7) is 8.19. The fourth-order valence-electron chi connectivity index (χ4n) is 3.10. The average Bonchev–Trinajstić information content (AvgIpc) is 3.06. The smallest absolute Gasteiger partial charge is 0.182 e. The molecule has 0 bridgehead atoms. The summed E-state index contributed by atoms with van der Waals surface area (Å²) < 4.78 is 1.73. The van der Waals surface area contributed by atoms with Crippen LogP contribution in [0, 0.1) is 6.92 Å². The molecule has 3 aromatic heterocycles. The second kappa shape index (κ2) is 6.16. The highest BCUT2D eigenvalue weighted by atomic mass is 15.3. The van der Waals surface area contributed by atoms with Gasteiger partial charge in [0.25, 0.3) is 0 Å². The van der Waals surface area contributed by atoms with Crippen LogP contribution in [0.5, 0.6) is 0 Å². The average molecular weight is 358 g/mol. The van der Waals surface area contributed by atoms with Gasteiger partial charge in [-0.15, -0.1) is 0 Å². The van der Waals surface area contributed by atoms with Gasteiger partial charge in [-0.05, 0) is 31.2 Å². The minimum atomic E-state index is -0.219. The first-order valence-electron chi connectivity index (χ1n) is 8.89. The third-order valence-corrected chi connectivity index (χ3v) is 4.43. The Balaban J connectivity index is 2.00. The fraction of sp³-hybridized carbons (Fsp3) is 0.238. The van der Waals surface area contributed by atoms with Gasteiger partial charge in [0, 0.05) is 28.8 Å². The quantitative estimate of drug-likeness (QED) is 0.584. The largest absolute Gasteiger partial charge is 0.382 e. The van der Waals surface area contributed by atoms with Gasteiger partial charge in [0.1, 0.15) is 11.5 Å². The molecule has 1 aromatic carbocycles. The zero-order valence-electron chi connectivity index (χ0n) is 15.9. The Morgan fingerprint density at radius 2 is 1.85 bits per heavy atom. The normalized spacial score (nSPS) is 11.9. The van der Waals surface area contributed by atoms with Crippen LogP contribution < -0.4 is 5.73 Å². The molecule has 0 unspecified atom stereocenters. The van der Waals surface area contributed by atoms with Gasteiger partial charge >= 0.3 is 0 Å². The maximum atomic E-state index is 6.26. The van der Waals surface area contributed by atoms with Crippen molar-refractivity contribution >= 4 is 16.7 Å². The second-order valence-corrected chi connectivity index (χ2v) is 7.69. The van der Waals surface area contributed by atoms with E-state index in [1.807, 2.05) is 43.5 Å². The fourth-order valence-corrected chi connectivity index (χ4v) is 3.10. The SMILES string of the molecule is Cc1ccn(-c2nc(N)c(C(C)(C)C)nc2-c2ccc3ncccc3c2)n1. The molecule has 0 atom stereocenters. The molecule has 27 heavy (non-hydrogen) atoms. The molecule has 4 rings (SSSR count). The maximum Gasteiger partial charge on any atom is 0.182 e. The number of fused-ring (bicyclic) bond motifs is 1. The maximum absolute atomic E-state index is 6.26. The predicted octanol–water partition coefficient (Wildman–Crippen LogP) is 4.07. The molecule has 0 aliphatic carbocycles. The first kappa shape index (κ1) is 17.1. The van der Waals surface area contributed by atoms with E-state index in [0.29, 0.717) is 11.6 Å².